The summed E-state index contributed by atoms with van der Waals surface area (Å²) in [7, 11) is 0. The number of anilines is 1. The van der Waals surface area contributed by atoms with Crippen LogP contribution in [0.2, 0.25) is 0 Å². The Hall–Kier alpha value is -2.41. The second-order valence-corrected chi connectivity index (χ2v) is 7.43. The largest absolute Gasteiger partial charge is 0.445 e. The van der Waals surface area contributed by atoms with Crippen LogP contribution in [0.1, 0.15) is 40.8 Å². The molecule has 1 fully saturated rings. The minimum absolute atomic E-state index is 0.0513. The Morgan fingerprint density at radius 2 is 2.25 bits per heavy atom. The molecular weight excluding hydrogens is 324 g/mol. The smallest absolute Gasteiger partial charge is 0.255 e. The van der Waals surface area contributed by atoms with E-state index in [1.807, 2.05) is 24.4 Å². The molecule has 0 aromatic carbocycles. The van der Waals surface area contributed by atoms with Crippen LogP contribution in [0, 0.1) is 6.92 Å². The number of fused-ring (bicyclic) bond motifs is 1. The van der Waals surface area contributed by atoms with E-state index < -0.39 is 0 Å². The molecule has 0 spiro atoms. The summed E-state index contributed by atoms with van der Waals surface area (Å²) in [4.78, 5) is 22.5. The number of amides is 1. The van der Waals surface area contributed by atoms with E-state index in [4.69, 9.17) is 4.42 Å². The van der Waals surface area contributed by atoms with Gasteiger partial charge in [0.1, 0.15) is 17.9 Å². The molecule has 4 rings (SSSR count). The molecule has 0 atom stereocenters. The quantitative estimate of drug-likeness (QED) is 0.742. The van der Waals surface area contributed by atoms with Crippen LogP contribution in [-0.2, 0) is 6.54 Å². The van der Waals surface area contributed by atoms with Gasteiger partial charge in [0, 0.05) is 10.4 Å². The lowest BCUT2D eigenvalue weighted by molar-refractivity contribution is 0.0952. The number of carbonyl (C=O) groups is 1. The fourth-order valence-corrected chi connectivity index (χ4v) is 3.22. The maximum atomic E-state index is 12.6. The van der Waals surface area contributed by atoms with Crippen molar-refractivity contribution < 1.29 is 9.21 Å². The zero-order valence-electron chi connectivity index (χ0n) is 13.5. The third-order valence-corrected chi connectivity index (χ3v) is 5.09. The Morgan fingerprint density at radius 1 is 1.42 bits per heavy atom. The van der Waals surface area contributed by atoms with Gasteiger partial charge in [0.25, 0.3) is 5.91 Å². The lowest BCUT2D eigenvalue weighted by atomic mass is 10.2. The second kappa shape index (κ2) is 5.59. The molecule has 1 aliphatic rings. The zero-order valence-corrected chi connectivity index (χ0v) is 14.4. The minimum Gasteiger partial charge on any atom is -0.445 e. The molecule has 6 nitrogen and oxygen atoms in total. The van der Waals surface area contributed by atoms with Gasteiger partial charge in [0.05, 0.1) is 17.5 Å². The number of furan rings is 1. The fraction of sp³-hybridized carbons (Fsp3) is 0.353. The van der Waals surface area contributed by atoms with Crippen molar-refractivity contribution in [2.45, 2.75) is 38.8 Å². The highest BCUT2D eigenvalue weighted by Crippen LogP contribution is 2.39. The standard InChI is InChI=1S/C17H18N4O2S/c1-10-19-14(21-17(2)5-6-17)13-12(9-23-16(13)20-10)15(22)18-8-11-4-3-7-24-11/h3-4,7,9H,5-6,8H2,1-2H3,(H,18,22)(H,19,20,21). The molecule has 2 N–H and O–H groups in total. The van der Waals surface area contributed by atoms with Gasteiger partial charge in [-0.2, -0.15) is 4.98 Å². The van der Waals surface area contributed by atoms with Crippen molar-refractivity contribution >= 4 is 34.2 Å². The van der Waals surface area contributed by atoms with Gasteiger partial charge >= 0.3 is 0 Å². The summed E-state index contributed by atoms with van der Waals surface area (Å²) in [6, 6.07) is 3.96. The Bertz CT molecular complexity index is 897. The van der Waals surface area contributed by atoms with Gasteiger partial charge in [-0.25, -0.2) is 4.98 Å². The van der Waals surface area contributed by atoms with Gasteiger partial charge in [0.2, 0.25) is 5.71 Å². The van der Waals surface area contributed by atoms with E-state index in [-0.39, 0.29) is 11.4 Å². The van der Waals surface area contributed by atoms with Gasteiger partial charge in [-0.3, -0.25) is 4.79 Å². The van der Waals surface area contributed by atoms with Crippen LogP contribution in [0.5, 0.6) is 0 Å². The highest BCUT2D eigenvalue weighted by atomic mass is 32.1. The van der Waals surface area contributed by atoms with E-state index in [9.17, 15) is 4.79 Å². The highest BCUT2D eigenvalue weighted by molar-refractivity contribution is 7.09. The molecule has 0 radical (unpaired) electrons. The topological polar surface area (TPSA) is 80.0 Å². The van der Waals surface area contributed by atoms with Crippen LogP contribution in [-0.4, -0.2) is 21.4 Å². The van der Waals surface area contributed by atoms with Crippen molar-refractivity contribution in [2.24, 2.45) is 0 Å². The molecule has 0 saturated heterocycles. The Balaban J connectivity index is 1.66. The summed E-state index contributed by atoms with van der Waals surface area (Å²) in [5.74, 6) is 1.11. The van der Waals surface area contributed by atoms with Gasteiger partial charge in [-0.05, 0) is 38.1 Å². The highest BCUT2D eigenvalue weighted by Gasteiger charge is 2.38. The van der Waals surface area contributed by atoms with E-state index in [0.717, 1.165) is 17.7 Å². The molecule has 1 amide bonds. The Morgan fingerprint density at radius 3 is 2.96 bits per heavy atom. The number of rotatable bonds is 5. The molecule has 0 bridgehead atoms. The van der Waals surface area contributed by atoms with Crippen molar-refractivity contribution in [1.29, 1.82) is 0 Å². The zero-order chi connectivity index (χ0) is 16.7. The number of hydrogen-bond acceptors (Lipinski definition) is 6. The van der Waals surface area contributed by atoms with Gasteiger partial charge < -0.3 is 15.1 Å². The number of hydrogen-bond donors (Lipinski definition) is 2. The molecule has 1 saturated carbocycles. The number of thiophene rings is 1. The molecule has 3 aromatic rings. The summed E-state index contributed by atoms with van der Waals surface area (Å²) in [5, 5.41) is 9.01. The normalized spacial score (nSPS) is 15.4. The van der Waals surface area contributed by atoms with Crippen LogP contribution in [0.4, 0.5) is 5.82 Å². The summed E-state index contributed by atoms with van der Waals surface area (Å²) in [6.07, 6.45) is 3.65. The predicted molar refractivity (Wildman–Crippen MR) is 93.3 cm³/mol. The molecular formula is C17H18N4O2S. The summed E-state index contributed by atoms with van der Waals surface area (Å²) in [5.41, 5.74) is 0.958. The van der Waals surface area contributed by atoms with Gasteiger partial charge in [-0.1, -0.05) is 6.07 Å². The van der Waals surface area contributed by atoms with Crippen LogP contribution >= 0.6 is 11.3 Å². The molecule has 0 aliphatic heterocycles. The fourth-order valence-electron chi connectivity index (χ4n) is 2.58. The molecule has 0 unspecified atom stereocenters. The van der Waals surface area contributed by atoms with E-state index in [2.05, 4.69) is 27.5 Å². The van der Waals surface area contributed by atoms with Gasteiger partial charge in [-0.15, -0.1) is 11.3 Å². The first-order chi connectivity index (χ1) is 11.5. The maximum absolute atomic E-state index is 12.6. The van der Waals surface area contributed by atoms with Crippen LogP contribution < -0.4 is 10.6 Å². The summed E-state index contributed by atoms with van der Waals surface area (Å²) < 4.78 is 5.51. The number of aryl methyl sites for hydroxylation is 1. The first-order valence-corrected chi connectivity index (χ1v) is 8.77. The maximum Gasteiger partial charge on any atom is 0.255 e. The van der Waals surface area contributed by atoms with Crippen LogP contribution in [0.15, 0.2) is 28.2 Å². The van der Waals surface area contributed by atoms with Crippen molar-refractivity contribution in [3.8, 4) is 0 Å². The third-order valence-electron chi connectivity index (χ3n) is 4.21. The Kier molecular flexibility index (Phi) is 3.53. The minimum atomic E-state index is -0.182. The van der Waals surface area contributed by atoms with E-state index in [1.54, 1.807) is 11.3 Å². The number of carbonyl (C=O) groups excluding carboxylic acids is 1. The first-order valence-electron chi connectivity index (χ1n) is 7.89. The van der Waals surface area contributed by atoms with Crippen molar-refractivity contribution in [2.75, 3.05) is 5.32 Å². The Labute approximate surface area is 143 Å². The van der Waals surface area contributed by atoms with Crippen molar-refractivity contribution in [3.05, 3.63) is 40.0 Å². The third kappa shape index (κ3) is 2.87. The average Bonchev–Trinajstić information content (AvgIpc) is 2.96. The summed E-state index contributed by atoms with van der Waals surface area (Å²) >= 11 is 1.61. The summed E-state index contributed by atoms with van der Waals surface area (Å²) in [6.45, 7) is 4.46. The molecule has 124 valence electrons. The van der Waals surface area contributed by atoms with E-state index in [1.165, 1.54) is 6.26 Å². The first kappa shape index (κ1) is 15.1. The lowest BCUT2D eigenvalue weighted by Crippen LogP contribution is -2.23. The van der Waals surface area contributed by atoms with Crippen molar-refractivity contribution in [1.82, 2.24) is 15.3 Å². The average molecular weight is 342 g/mol. The molecule has 24 heavy (non-hydrogen) atoms. The van der Waals surface area contributed by atoms with Crippen LogP contribution in [0.3, 0.4) is 0 Å². The monoisotopic (exact) mass is 342 g/mol. The number of nitrogens with zero attached hydrogens (tertiary/aromatic N) is 2. The molecule has 3 heterocycles. The molecule has 7 heteroatoms. The second-order valence-electron chi connectivity index (χ2n) is 6.40. The van der Waals surface area contributed by atoms with Crippen LogP contribution in [0.25, 0.3) is 11.1 Å². The number of aromatic nitrogens is 2. The van der Waals surface area contributed by atoms with Crippen molar-refractivity contribution in [3.63, 3.8) is 0 Å². The molecule has 1 aliphatic carbocycles. The number of nitrogens with one attached hydrogen (secondary N) is 2. The lowest BCUT2D eigenvalue weighted by Gasteiger charge is -2.13. The SMILES string of the molecule is Cc1nc(NC2(C)CC2)c2c(C(=O)NCc3cccs3)coc2n1. The predicted octanol–water partition coefficient (Wildman–Crippen LogP) is 3.49. The van der Waals surface area contributed by atoms with E-state index in [0.29, 0.717) is 34.9 Å². The van der Waals surface area contributed by atoms with Gasteiger partial charge in [0.15, 0.2) is 0 Å². The van der Waals surface area contributed by atoms with E-state index >= 15 is 0 Å². The molecule has 3 aromatic heterocycles.